The fraction of sp³-hybridized carbons (Fsp3) is 0.217. The van der Waals surface area contributed by atoms with Crippen molar-refractivity contribution in [2.24, 2.45) is 0 Å². The maximum absolute atomic E-state index is 11.1. The molecule has 1 aromatic carbocycles. The number of aliphatic hydroxyl groups is 1. The maximum atomic E-state index is 11.1. The normalized spacial score (nSPS) is 12.4. The molecule has 0 aliphatic carbocycles. The highest BCUT2D eigenvalue weighted by Gasteiger charge is 2.25. The molecule has 2 aromatic heterocycles. The lowest BCUT2D eigenvalue weighted by molar-refractivity contribution is -0.576. The maximum Gasteiger partial charge on any atom is 0.287 e. The van der Waals surface area contributed by atoms with Gasteiger partial charge in [-0.2, -0.15) is 4.57 Å². The Morgan fingerprint density at radius 3 is 2.37 bits per heavy atom. The molecule has 3 aromatic rings. The number of nitrogens with one attached hydrogen (secondary N) is 1. The van der Waals surface area contributed by atoms with Crippen LogP contribution in [0.15, 0.2) is 65.5 Å². The molecule has 2 heterocycles. The van der Waals surface area contributed by atoms with Crippen LogP contribution in [0.4, 0.5) is 0 Å². The Morgan fingerprint density at radius 2 is 1.80 bits per heavy atom. The Kier molecular flexibility index (Phi) is 6.86. The van der Waals surface area contributed by atoms with E-state index < -0.39 is 0 Å². The first-order valence-corrected chi connectivity index (χ1v) is 10.5. The second-order valence-electron chi connectivity index (χ2n) is 7.83. The monoisotopic (exact) mass is 461 g/mol. The van der Waals surface area contributed by atoms with Crippen molar-refractivity contribution in [1.29, 1.82) is 0 Å². The van der Waals surface area contributed by atoms with Crippen LogP contribution < -0.4 is 9.88 Å². The lowest BCUT2D eigenvalue weighted by atomic mass is 9.88. The van der Waals surface area contributed by atoms with E-state index in [4.69, 9.17) is 39.8 Å². The average molecular weight is 462 g/mol. The van der Waals surface area contributed by atoms with E-state index in [1.807, 2.05) is 36.7 Å². The standard InChI is InChI=1S/C23H22Cl2N2O2S/c1-23(2,3)16-8-10-27(11-9-16)20(22(30)26-14-17-5-4-12-29-17)21(28)15-6-7-18(24)19(25)13-15/h4-13H,14H2,1-3H3,(H-,26,28,30)/p+1. The van der Waals surface area contributed by atoms with E-state index in [1.165, 1.54) is 5.56 Å². The van der Waals surface area contributed by atoms with E-state index in [0.717, 1.165) is 5.76 Å². The van der Waals surface area contributed by atoms with Crippen molar-refractivity contribution in [2.45, 2.75) is 32.7 Å². The zero-order chi connectivity index (χ0) is 21.9. The number of hydrogen-bond donors (Lipinski definition) is 2. The van der Waals surface area contributed by atoms with Crippen LogP contribution >= 0.6 is 35.4 Å². The number of furan rings is 1. The molecule has 0 saturated carbocycles. The molecule has 156 valence electrons. The summed E-state index contributed by atoms with van der Waals surface area (Å²) in [5, 5.41) is 15.0. The quantitative estimate of drug-likeness (QED) is 0.206. The van der Waals surface area contributed by atoms with Crippen molar-refractivity contribution in [3.63, 3.8) is 0 Å². The summed E-state index contributed by atoms with van der Waals surface area (Å²) in [5.74, 6) is 0.720. The molecular weight excluding hydrogens is 439 g/mol. The van der Waals surface area contributed by atoms with Gasteiger partial charge in [-0.05, 0) is 41.3 Å². The van der Waals surface area contributed by atoms with Gasteiger partial charge in [0.05, 0.1) is 22.9 Å². The number of pyridine rings is 1. The zero-order valence-electron chi connectivity index (χ0n) is 16.9. The highest BCUT2D eigenvalue weighted by Crippen LogP contribution is 2.27. The minimum Gasteiger partial charge on any atom is -0.502 e. The SMILES string of the molecule is CC(C)(C)c1cc[n+](/C(C(=S)NCc2ccco2)=C(/O)c2ccc(Cl)c(Cl)c2)cc1. The molecule has 0 amide bonds. The number of aliphatic hydroxyl groups excluding tert-OH is 1. The van der Waals surface area contributed by atoms with Crippen LogP contribution in [-0.2, 0) is 12.0 Å². The van der Waals surface area contributed by atoms with Crippen molar-refractivity contribution in [2.75, 3.05) is 0 Å². The topological polar surface area (TPSA) is 49.3 Å². The second-order valence-corrected chi connectivity index (χ2v) is 9.05. The Bertz CT molecular complexity index is 1070. The second kappa shape index (κ2) is 9.21. The summed E-state index contributed by atoms with van der Waals surface area (Å²) in [7, 11) is 0. The molecule has 0 saturated heterocycles. The van der Waals surface area contributed by atoms with Gasteiger partial charge in [0.1, 0.15) is 5.76 Å². The highest BCUT2D eigenvalue weighted by molar-refractivity contribution is 7.81. The van der Waals surface area contributed by atoms with E-state index in [-0.39, 0.29) is 11.2 Å². The summed E-state index contributed by atoms with van der Waals surface area (Å²) in [6.07, 6.45) is 5.36. The molecule has 0 atom stereocenters. The lowest BCUT2D eigenvalue weighted by Crippen LogP contribution is -2.41. The highest BCUT2D eigenvalue weighted by atomic mass is 35.5. The van der Waals surface area contributed by atoms with E-state index >= 15 is 0 Å². The first-order valence-electron chi connectivity index (χ1n) is 9.38. The summed E-state index contributed by atoms with van der Waals surface area (Å²) in [4.78, 5) is 0.364. The molecule has 3 rings (SSSR count). The first kappa shape index (κ1) is 22.3. The van der Waals surface area contributed by atoms with Crippen LogP contribution in [0, 0.1) is 0 Å². The van der Waals surface area contributed by atoms with Gasteiger partial charge in [-0.3, -0.25) is 0 Å². The van der Waals surface area contributed by atoms with Crippen LogP contribution in [0.1, 0.15) is 37.7 Å². The first-order chi connectivity index (χ1) is 14.2. The van der Waals surface area contributed by atoms with Gasteiger partial charge in [0.2, 0.25) is 0 Å². The van der Waals surface area contributed by atoms with Gasteiger partial charge in [0.25, 0.3) is 5.70 Å². The molecule has 2 N–H and O–H groups in total. The van der Waals surface area contributed by atoms with Gasteiger partial charge in [-0.1, -0.05) is 56.2 Å². The van der Waals surface area contributed by atoms with Gasteiger partial charge >= 0.3 is 0 Å². The minimum atomic E-state index is -0.0148. The largest absolute Gasteiger partial charge is 0.502 e. The molecule has 30 heavy (non-hydrogen) atoms. The van der Waals surface area contributed by atoms with Crippen LogP contribution in [0.25, 0.3) is 11.5 Å². The van der Waals surface area contributed by atoms with Crippen LogP contribution in [-0.4, -0.2) is 10.1 Å². The zero-order valence-corrected chi connectivity index (χ0v) is 19.3. The fourth-order valence-corrected chi connectivity index (χ4v) is 3.44. The molecule has 0 radical (unpaired) electrons. The Morgan fingerprint density at radius 1 is 1.10 bits per heavy atom. The predicted octanol–water partition coefficient (Wildman–Crippen LogP) is 6.17. The third-order valence-corrected chi connectivity index (χ3v) is 5.67. The van der Waals surface area contributed by atoms with E-state index in [0.29, 0.717) is 32.8 Å². The van der Waals surface area contributed by atoms with Crippen LogP contribution in [0.2, 0.25) is 10.0 Å². The summed E-state index contributed by atoms with van der Waals surface area (Å²) in [5.41, 5.74) is 2.11. The number of thiocarbonyl (C=S) groups is 1. The summed E-state index contributed by atoms with van der Waals surface area (Å²) in [6, 6.07) is 12.6. The molecule has 7 heteroatoms. The number of benzene rings is 1. The molecule has 0 aliphatic rings. The third kappa shape index (κ3) is 5.22. The minimum absolute atomic E-state index is 0.00671. The summed E-state index contributed by atoms with van der Waals surface area (Å²) >= 11 is 17.8. The molecule has 0 unspecified atom stereocenters. The van der Waals surface area contributed by atoms with Crippen LogP contribution in [0.3, 0.4) is 0 Å². The van der Waals surface area contributed by atoms with Gasteiger partial charge < -0.3 is 14.8 Å². The number of aromatic nitrogens is 1. The molecule has 0 bridgehead atoms. The van der Waals surface area contributed by atoms with Gasteiger partial charge in [0.15, 0.2) is 23.1 Å². The Labute approximate surface area is 191 Å². The molecule has 0 fully saturated rings. The Balaban J connectivity index is 2.03. The predicted molar refractivity (Wildman–Crippen MR) is 126 cm³/mol. The van der Waals surface area contributed by atoms with E-state index in [1.54, 1.807) is 29.0 Å². The summed E-state index contributed by atoms with van der Waals surface area (Å²) < 4.78 is 7.14. The van der Waals surface area contributed by atoms with Gasteiger partial charge in [-0.15, -0.1) is 0 Å². The lowest BCUT2D eigenvalue weighted by Gasteiger charge is -2.18. The van der Waals surface area contributed by atoms with Gasteiger partial charge in [0, 0.05) is 17.7 Å². The Hall–Kier alpha value is -2.34. The smallest absolute Gasteiger partial charge is 0.287 e. The number of nitrogens with zero attached hydrogens (tertiary/aromatic N) is 1. The summed E-state index contributed by atoms with van der Waals surface area (Å²) in [6.45, 7) is 6.83. The average Bonchev–Trinajstić information content (AvgIpc) is 3.22. The number of hydrogen-bond acceptors (Lipinski definition) is 3. The fourth-order valence-electron chi connectivity index (χ4n) is 2.87. The van der Waals surface area contributed by atoms with Crippen molar-refractivity contribution in [3.05, 3.63) is 88.1 Å². The molecule has 4 nitrogen and oxygen atoms in total. The van der Waals surface area contributed by atoms with Gasteiger partial charge in [-0.25, -0.2) is 0 Å². The van der Waals surface area contributed by atoms with E-state index in [9.17, 15) is 5.11 Å². The van der Waals surface area contributed by atoms with Crippen molar-refractivity contribution in [1.82, 2.24) is 5.32 Å². The van der Waals surface area contributed by atoms with Crippen molar-refractivity contribution >= 4 is 51.9 Å². The van der Waals surface area contributed by atoms with E-state index in [2.05, 4.69) is 26.1 Å². The number of halogens is 2. The molecular formula is C23H23Cl2N2O2S+. The van der Waals surface area contributed by atoms with Crippen molar-refractivity contribution in [3.8, 4) is 0 Å². The third-order valence-electron chi connectivity index (χ3n) is 4.59. The molecule has 0 aliphatic heterocycles. The van der Waals surface area contributed by atoms with Crippen LogP contribution in [0.5, 0.6) is 0 Å². The molecule has 0 spiro atoms. The number of rotatable bonds is 5. The van der Waals surface area contributed by atoms with Crippen molar-refractivity contribution < 1.29 is 14.1 Å².